The first kappa shape index (κ1) is 32.5. The molecule has 11 heteroatoms. The number of aliphatic hydroxyl groups is 1. The maximum absolute atomic E-state index is 16.0. The lowest BCUT2D eigenvalue weighted by atomic mass is 9.83. The van der Waals surface area contributed by atoms with E-state index in [1.807, 2.05) is 13.0 Å². The second kappa shape index (κ2) is 13.4. The fourth-order valence-corrected chi connectivity index (χ4v) is 7.71. The van der Waals surface area contributed by atoms with E-state index >= 15 is 4.39 Å². The number of carbonyl (C=O) groups is 1. The molecule has 1 amide bonds. The van der Waals surface area contributed by atoms with Crippen LogP contribution in [0.25, 0.3) is 22.3 Å². The van der Waals surface area contributed by atoms with Crippen molar-refractivity contribution in [3.63, 3.8) is 0 Å². The van der Waals surface area contributed by atoms with Gasteiger partial charge in [-0.05, 0) is 88.9 Å². The summed E-state index contributed by atoms with van der Waals surface area (Å²) in [6.45, 7) is 8.40. The van der Waals surface area contributed by atoms with Gasteiger partial charge >= 0.3 is 0 Å². The molecule has 254 valence electrons. The number of imidazole rings is 1. The van der Waals surface area contributed by atoms with Gasteiger partial charge in [0.1, 0.15) is 11.4 Å². The van der Waals surface area contributed by atoms with E-state index in [4.69, 9.17) is 9.72 Å². The number of methoxy groups -OCH3 is 1. The normalized spacial score (nSPS) is 23.0. The van der Waals surface area contributed by atoms with Crippen molar-refractivity contribution in [3.8, 4) is 17.0 Å². The predicted molar refractivity (Wildman–Crippen MR) is 186 cm³/mol. The van der Waals surface area contributed by atoms with Gasteiger partial charge in [0.25, 0.3) is 5.91 Å². The van der Waals surface area contributed by atoms with E-state index in [0.717, 1.165) is 81.7 Å². The number of hydrogen-bond acceptors (Lipinski definition) is 8. The Hall–Kier alpha value is -4.06. The van der Waals surface area contributed by atoms with Crippen LogP contribution < -0.4 is 15.0 Å². The monoisotopic (exact) mass is 655 g/mol. The topological polar surface area (TPSA) is 99.0 Å². The summed E-state index contributed by atoms with van der Waals surface area (Å²) >= 11 is 0. The molecule has 2 aliphatic heterocycles. The molecule has 4 heterocycles. The van der Waals surface area contributed by atoms with Crippen LogP contribution in [0.15, 0.2) is 54.7 Å². The van der Waals surface area contributed by atoms with Gasteiger partial charge < -0.3 is 24.2 Å². The SMILES string of the molecule is COc1ccccc1-c1nccc(C(=O)Nc2nc3ccc(N4CCC(N5CCN(C)CC5)CC4)cc3n2C2CCC(C)(O)CC2)c1F. The van der Waals surface area contributed by atoms with Gasteiger partial charge in [0.05, 0.1) is 29.3 Å². The summed E-state index contributed by atoms with van der Waals surface area (Å²) in [6.07, 6.45) is 6.47. The number of piperidine rings is 1. The van der Waals surface area contributed by atoms with Gasteiger partial charge in [-0.2, -0.15) is 0 Å². The molecule has 4 aromatic rings. The number of para-hydroxylation sites is 1. The number of benzene rings is 2. The molecule has 2 saturated heterocycles. The predicted octanol–water partition coefficient (Wildman–Crippen LogP) is 5.58. The van der Waals surface area contributed by atoms with E-state index < -0.39 is 17.3 Å². The number of amides is 1. The Bertz CT molecular complexity index is 1770. The van der Waals surface area contributed by atoms with Crippen LogP contribution in [-0.2, 0) is 0 Å². The minimum atomic E-state index is -0.724. The van der Waals surface area contributed by atoms with Crippen LogP contribution in [0.5, 0.6) is 5.75 Å². The lowest BCUT2D eigenvalue weighted by Gasteiger charge is -2.42. The van der Waals surface area contributed by atoms with Gasteiger partial charge in [0.2, 0.25) is 5.95 Å². The summed E-state index contributed by atoms with van der Waals surface area (Å²) < 4.78 is 23.5. The lowest BCUT2D eigenvalue weighted by molar-refractivity contribution is 0.0106. The van der Waals surface area contributed by atoms with Crippen LogP contribution in [0.2, 0.25) is 0 Å². The number of piperazine rings is 1. The molecule has 0 atom stereocenters. The fourth-order valence-electron chi connectivity index (χ4n) is 7.71. The van der Waals surface area contributed by atoms with Crippen LogP contribution in [0.1, 0.15) is 61.8 Å². The highest BCUT2D eigenvalue weighted by molar-refractivity contribution is 6.05. The van der Waals surface area contributed by atoms with Crippen molar-refractivity contribution in [3.05, 3.63) is 66.1 Å². The number of ether oxygens (including phenoxy) is 1. The summed E-state index contributed by atoms with van der Waals surface area (Å²) in [5.74, 6) is -0.479. The van der Waals surface area contributed by atoms with E-state index in [2.05, 4.69) is 48.7 Å². The van der Waals surface area contributed by atoms with Crippen LogP contribution in [0, 0.1) is 5.82 Å². The Morgan fingerprint density at radius 1 is 0.979 bits per heavy atom. The second-order valence-corrected chi connectivity index (χ2v) is 13.9. The summed E-state index contributed by atoms with van der Waals surface area (Å²) in [5, 5.41) is 13.7. The molecule has 2 aromatic heterocycles. The summed E-state index contributed by atoms with van der Waals surface area (Å²) in [4.78, 5) is 30.4. The molecule has 3 aliphatic rings. The number of pyridine rings is 1. The molecule has 0 spiro atoms. The second-order valence-electron chi connectivity index (χ2n) is 13.9. The Morgan fingerprint density at radius 2 is 1.71 bits per heavy atom. The quantitative estimate of drug-likeness (QED) is 0.266. The zero-order valence-electron chi connectivity index (χ0n) is 28.2. The van der Waals surface area contributed by atoms with Crippen LogP contribution >= 0.6 is 0 Å². The van der Waals surface area contributed by atoms with Crippen molar-refractivity contribution in [1.29, 1.82) is 0 Å². The largest absolute Gasteiger partial charge is 0.496 e. The number of rotatable bonds is 7. The molecule has 2 aromatic carbocycles. The zero-order chi connectivity index (χ0) is 33.4. The van der Waals surface area contributed by atoms with Crippen molar-refractivity contribution >= 4 is 28.6 Å². The van der Waals surface area contributed by atoms with Crippen LogP contribution in [-0.4, -0.2) is 100 Å². The number of anilines is 2. The third-order valence-electron chi connectivity index (χ3n) is 10.7. The van der Waals surface area contributed by atoms with Gasteiger partial charge in [0.15, 0.2) is 5.82 Å². The molecule has 2 N–H and O–H groups in total. The van der Waals surface area contributed by atoms with E-state index in [9.17, 15) is 9.90 Å². The first-order valence-electron chi connectivity index (χ1n) is 17.2. The third kappa shape index (κ3) is 6.51. The molecule has 0 bridgehead atoms. The van der Waals surface area contributed by atoms with Crippen molar-refractivity contribution in [2.45, 2.75) is 63.1 Å². The molecule has 7 rings (SSSR count). The molecule has 0 radical (unpaired) electrons. The van der Waals surface area contributed by atoms with E-state index in [1.165, 1.54) is 19.4 Å². The number of aromatic nitrogens is 3. The lowest BCUT2D eigenvalue weighted by Crippen LogP contribution is -2.52. The standard InChI is InChI=1S/C37H46FN7O3/c1-37(47)15-10-26(11-16-37)45-31-24-27(43-18-13-25(14-19-43)44-22-20-42(2)21-23-44)8-9-30(31)40-36(45)41-35(46)29-12-17-39-34(33(29)38)28-6-4-5-7-32(28)48-3/h4-9,12,17,24-26,47H,10-11,13-16,18-23H2,1-3H3,(H,40,41,46). The Labute approximate surface area is 281 Å². The number of likely N-dealkylation sites (N-methyl/N-ethyl adjacent to an activating group) is 1. The van der Waals surface area contributed by atoms with Crippen molar-refractivity contribution in [2.75, 3.05) is 63.6 Å². The molecule has 10 nitrogen and oxygen atoms in total. The van der Waals surface area contributed by atoms with Crippen LogP contribution in [0.4, 0.5) is 16.0 Å². The zero-order valence-corrected chi connectivity index (χ0v) is 28.2. The van der Waals surface area contributed by atoms with Crippen molar-refractivity contribution in [1.82, 2.24) is 24.3 Å². The highest BCUT2D eigenvalue weighted by atomic mass is 19.1. The highest BCUT2D eigenvalue weighted by Gasteiger charge is 2.33. The van der Waals surface area contributed by atoms with Crippen molar-refractivity contribution < 1.29 is 19.0 Å². The summed E-state index contributed by atoms with van der Waals surface area (Å²) in [5.41, 5.74) is 2.51. The van der Waals surface area contributed by atoms with Crippen LogP contribution in [0.3, 0.4) is 0 Å². The van der Waals surface area contributed by atoms with Gasteiger partial charge in [0, 0.05) is 68.8 Å². The Morgan fingerprint density at radius 3 is 2.44 bits per heavy atom. The molecule has 1 saturated carbocycles. The Balaban J connectivity index is 1.17. The van der Waals surface area contributed by atoms with Gasteiger partial charge in [-0.15, -0.1) is 0 Å². The van der Waals surface area contributed by atoms with Gasteiger partial charge in [-0.25, -0.2) is 9.37 Å². The maximum Gasteiger partial charge on any atom is 0.261 e. The number of carbonyl (C=O) groups excluding carboxylic acids is 1. The molecule has 3 fully saturated rings. The summed E-state index contributed by atoms with van der Waals surface area (Å²) in [7, 11) is 3.72. The van der Waals surface area contributed by atoms with E-state index in [1.54, 1.807) is 24.3 Å². The number of fused-ring (bicyclic) bond motifs is 1. The molecule has 0 unspecified atom stereocenters. The average Bonchev–Trinajstić information content (AvgIpc) is 3.45. The molecule has 1 aliphatic carbocycles. The number of nitrogens with zero attached hydrogens (tertiary/aromatic N) is 6. The molecular weight excluding hydrogens is 609 g/mol. The number of hydrogen-bond donors (Lipinski definition) is 2. The minimum Gasteiger partial charge on any atom is -0.496 e. The average molecular weight is 656 g/mol. The number of nitrogens with one attached hydrogen (secondary N) is 1. The smallest absolute Gasteiger partial charge is 0.261 e. The van der Waals surface area contributed by atoms with E-state index in [-0.39, 0.29) is 17.3 Å². The fraction of sp³-hybridized carbons (Fsp3) is 0.486. The highest BCUT2D eigenvalue weighted by Crippen LogP contribution is 2.40. The van der Waals surface area contributed by atoms with Crippen molar-refractivity contribution in [2.24, 2.45) is 0 Å². The first-order valence-corrected chi connectivity index (χ1v) is 17.2. The minimum absolute atomic E-state index is 0.0233. The molecular formula is C37H46FN7O3. The first-order chi connectivity index (χ1) is 23.2. The molecule has 48 heavy (non-hydrogen) atoms. The van der Waals surface area contributed by atoms with Gasteiger partial charge in [-0.1, -0.05) is 12.1 Å². The maximum atomic E-state index is 16.0. The van der Waals surface area contributed by atoms with E-state index in [0.29, 0.717) is 36.1 Å². The number of halogens is 1. The van der Waals surface area contributed by atoms with Gasteiger partial charge in [-0.3, -0.25) is 20.0 Å². The third-order valence-corrected chi connectivity index (χ3v) is 10.7. The Kier molecular flexibility index (Phi) is 9.10. The summed E-state index contributed by atoms with van der Waals surface area (Å²) in [6, 6.07) is 15.4.